The van der Waals surface area contributed by atoms with E-state index in [1.54, 1.807) is 24.3 Å². The van der Waals surface area contributed by atoms with Crippen LogP contribution in [0.5, 0.6) is 0 Å². The summed E-state index contributed by atoms with van der Waals surface area (Å²) in [6.07, 6.45) is 1.54. The Balaban J connectivity index is 2.47. The molecule has 20 heavy (non-hydrogen) atoms. The van der Waals surface area contributed by atoms with Crippen molar-refractivity contribution in [3.63, 3.8) is 0 Å². The first kappa shape index (κ1) is 16.2. The molecule has 1 aromatic carbocycles. The van der Waals surface area contributed by atoms with Crippen LogP contribution in [0.3, 0.4) is 0 Å². The fourth-order valence-corrected chi connectivity index (χ4v) is 2.30. The molecular weight excluding hydrogens is 254 g/mol. The SMILES string of the molecule is CC(C)CC(C)CC(=O)Nc1ccc(CC(=O)O)cc1. The number of nitrogens with one attached hydrogen (secondary N) is 1. The number of rotatable bonds is 7. The number of carbonyl (C=O) groups excluding carboxylic acids is 1. The van der Waals surface area contributed by atoms with Gasteiger partial charge in [0.2, 0.25) is 5.91 Å². The standard InChI is InChI=1S/C16H23NO3/c1-11(2)8-12(3)9-15(18)17-14-6-4-13(5-7-14)10-16(19)20/h4-7,11-12H,8-10H2,1-3H3,(H,17,18)(H,19,20). The molecule has 0 aliphatic carbocycles. The first-order valence-corrected chi connectivity index (χ1v) is 6.97. The Kier molecular flexibility index (Phi) is 6.22. The lowest BCUT2D eigenvalue weighted by atomic mass is 9.96. The van der Waals surface area contributed by atoms with Gasteiger partial charge < -0.3 is 10.4 Å². The van der Waals surface area contributed by atoms with Crippen LogP contribution in [0.15, 0.2) is 24.3 Å². The first-order chi connectivity index (χ1) is 9.36. The van der Waals surface area contributed by atoms with E-state index in [0.29, 0.717) is 23.9 Å². The quantitative estimate of drug-likeness (QED) is 0.803. The zero-order chi connectivity index (χ0) is 15.1. The third-order valence-electron chi connectivity index (χ3n) is 3.00. The van der Waals surface area contributed by atoms with Crippen molar-refractivity contribution >= 4 is 17.6 Å². The smallest absolute Gasteiger partial charge is 0.307 e. The number of anilines is 1. The number of hydrogen-bond donors (Lipinski definition) is 2. The summed E-state index contributed by atoms with van der Waals surface area (Å²) in [5.74, 6) is 0.0998. The highest BCUT2D eigenvalue weighted by Crippen LogP contribution is 2.16. The van der Waals surface area contributed by atoms with Crippen molar-refractivity contribution in [3.8, 4) is 0 Å². The Morgan fingerprint density at radius 3 is 2.25 bits per heavy atom. The Bertz CT molecular complexity index is 451. The van der Waals surface area contributed by atoms with E-state index in [0.717, 1.165) is 12.0 Å². The average Bonchev–Trinajstić information content (AvgIpc) is 2.29. The van der Waals surface area contributed by atoms with Gasteiger partial charge in [-0.05, 0) is 36.0 Å². The number of benzene rings is 1. The highest BCUT2D eigenvalue weighted by atomic mass is 16.4. The molecular formula is C16H23NO3. The summed E-state index contributed by atoms with van der Waals surface area (Å²) in [5, 5.41) is 11.5. The molecule has 0 bridgehead atoms. The molecule has 0 aromatic heterocycles. The molecule has 0 heterocycles. The van der Waals surface area contributed by atoms with Gasteiger partial charge >= 0.3 is 5.97 Å². The van der Waals surface area contributed by atoms with Crippen molar-refractivity contribution in [1.82, 2.24) is 0 Å². The monoisotopic (exact) mass is 277 g/mol. The van der Waals surface area contributed by atoms with Gasteiger partial charge in [0, 0.05) is 12.1 Å². The molecule has 1 aromatic rings. The molecule has 4 nitrogen and oxygen atoms in total. The van der Waals surface area contributed by atoms with Crippen molar-refractivity contribution in [2.75, 3.05) is 5.32 Å². The summed E-state index contributed by atoms with van der Waals surface area (Å²) < 4.78 is 0. The number of hydrogen-bond acceptors (Lipinski definition) is 2. The van der Waals surface area contributed by atoms with E-state index in [-0.39, 0.29) is 12.3 Å². The number of carboxylic acids is 1. The second-order valence-electron chi connectivity index (χ2n) is 5.75. The van der Waals surface area contributed by atoms with Crippen LogP contribution in [0.1, 0.15) is 39.2 Å². The van der Waals surface area contributed by atoms with Gasteiger partial charge in [0.05, 0.1) is 6.42 Å². The summed E-state index contributed by atoms with van der Waals surface area (Å²) in [6.45, 7) is 6.38. The van der Waals surface area contributed by atoms with Crippen LogP contribution in [0.4, 0.5) is 5.69 Å². The molecule has 0 saturated heterocycles. The summed E-state index contributed by atoms with van der Waals surface area (Å²) in [7, 11) is 0. The minimum absolute atomic E-state index is 0.000348. The van der Waals surface area contributed by atoms with E-state index < -0.39 is 5.97 Å². The Morgan fingerprint density at radius 1 is 1.15 bits per heavy atom. The fourth-order valence-electron chi connectivity index (χ4n) is 2.30. The first-order valence-electron chi connectivity index (χ1n) is 6.97. The van der Waals surface area contributed by atoms with E-state index in [1.807, 2.05) is 0 Å². The third-order valence-corrected chi connectivity index (χ3v) is 3.00. The van der Waals surface area contributed by atoms with E-state index in [4.69, 9.17) is 5.11 Å². The topological polar surface area (TPSA) is 66.4 Å². The molecule has 1 amide bonds. The number of carbonyl (C=O) groups is 2. The molecule has 1 rings (SSSR count). The molecule has 0 spiro atoms. The summed E-state index contributed by atoms with van der Waals surface area (Å²) in [6, 6.07) is 6.93. The van der Waals surface area contributed by atoms with Gasteiger partial charge in [-0.2, -0.15) is 0 Å². The van der Waals surface area contributed by atoms with E-state index in [2.05, 4.69) is 26.1 Å². The van der Waals surface area contributed by atoms with E-state index in [9.17, 15) is 9.59 Å². The predicted molar refractivity (Wildman–Crippen MR) is 79.6 cm³/mol. The van der Waals surface area contributed by atoms with Gasteiger partial charge in [0.1, 0.15) is 0 Å². The summed E-state index contributed by atoms with van der Waals surface area (Å²) in [4.78, 5) is 22.4. The third kappa shape index (κ3) is 6.36. The van der Waals surface area contributed by atoms with Crippen LogP contribution in [0.25, 0.3) is 0 Å². The summed E-state index contributed by atoms with van der Waals surface area (Å²) >= 11 is 0. The maximum absolute atomic E-state index is 11.9. The van der Waals surface area contributed by atoms with Crippen molar-refractivity contribution < 1.29 is 14.7 Å². The largest absolute Gasteiger partial charge is 0.481 e. The van der Waals surface area contributed by atoms with Gasteiger partial charge in [0.15, 0.2) is 0 Å². The van der Waals surface area contributed by atoms with Gasteiger partial charge in [-0.1, -0.05) is 32.9 Å². The van der Waals surface area contributed by atoms with Gasteiger partial charge in [-0.3, -0.25) is 9.59 Å². The van der Waals surface area contributed by atoms with Gasteiger partial charge in [-0.25, -0.2) is 0 Å². The molecule has 0 radical (unpaired) electrons. The molecule has 1 atom stereocenters. The second kappa shape index (κ2) is 7.68. The number of aliphatic carboxylic acids is 1. The molecule has 0 saturated carbocycles. The van der Waals surface area contributed by atoms with Gasteiger partial charge in [-0.15, -0.1) is 0 Å². The van der Waals surface area contributed by atoms with Crippen LogP contribution >= 0.6 is 0 Å². The Hall–Kier alpha value is -1.84. The Labute approximate surface area is 120 Å². The molecule has 2 N–H and O–H groups in total. The maximum Gasteiger partial charge on any atom is 0.307 e. The zero-order valence-corrected chi connectivity index (χ0v) is 12.3. The van der Waals surface area contributed by atoms with Crippen molar-refractivity contribution in [2.45, 2.75) is 40.0 Å². The predicted octanol–water partition coefficient (Wildman–Crippen LogP) is 3.32. The Morgan fingerprint density at radius 2 is 1.75 bits per heavy atom. The maximum atomic E-state index is 11.9. The molecule has 0 aliphatic heterocycles. The van der Waals surface area contributed by atoms with Crippen LogP contribution in [0, 0.1) is 11.8 Å². The minimum Gasteiger partial charge on any atom is -0.481 e. The molecule has 0 fully saturated rings. The summed E-state index contributed by atoms with van der Waals surface area (Å²) in [5.41, 5.74) is 1.43. The fraction of sp³-hybridized carbons (Fsp3) is 0.500. The van der Waals surface area contributed by atoms with Crippen LogP contribution < -0.4 is 5.32 Å². The van der Waals surface area contributed by atoms with Gasteiger partial charge in [0.25, 0.3) is 0 Å². The normalized spacial score (nSPS) is 12.2. The van der Waals surface area contributed by atoms with Crippen LogP contribution in [-0.4, -0.2) is 17.0 Å². The minimum atomic E-state index is -0.857. The molecule has 4 heteroatoms. The molecule has 110 valence electrons. The lowest BCUT2D eigenvalue weighted by molar-refractivity contribution is -0.136. The van der Waals surface area contributed by atoms with E-state index in [1.165, 1.54) is 0 Å². The lowest BCUT2D eigenvalue weighted by Gasteiger charge is -2.13. The highest BCUT2D eigenvalue weighted by molar-refractivity contribution is 5.90. The molecule has 1 unspecified atom stereocenters. The second-order valence-corrected chi connectivity index (χ2v) is 5.75. The number of amides is 1. The van der Waals surface area contributed by atoms with E-state index >= 15 is 0 Å². The number of carboxylic acid groups (broad SMARTS) is 1. The highest BCUT2D eigenvalue weighted by Gasteiger charge is 2.11. The lowest BCUT2D eigenvalue weighted by Crippen LogP contribution is -2.16. The van der Waals surface area contributed by atoms with Crippen molar-refractivity contribution in [1.29, 1.82) is 0 Å². The van der Waals surface area contributed by atoms with Crippen molar-refractivity contribution in [2.24, 2.45) is 11.8 Å². The zero-order valence-electron chi connectivity index (χ0n) is 12.3. The average molecular weight is 277 g/mol. The van der Waals surface area contributed by atoms with Crippen LogP contribution in [0.2, 0.25) is 0 Å². The van der Waals surface area contributed by atoms with Crippen molar-refractivity contribution in [3.05, 3.63) is 29.8 Å². The van der Waals surface area contributed by atoms with Crippen LogP contribution in [-0.2, 0) is 16.0 Å². The molecule has 0 aliphatic rings.